The fourth-order valence-electron chi connectivity index (χ4n) is 2.27. The zero-order chi connectivity index (χ0) is 17.1. The van der Waals surface area contributed by atoms with Gasteiger partial charge in [-0.15, -0.1) is 5.11 Å². The molecule has 120 valence electrons. The van der Waals surface area contributed by atoms with Crippen LogP contribution in [0.1, 0.15) is 6.92 Å². The van der Waals surface area contributed by atoms with Crippen LogP contribution in [0, 0.1) is 10.1 Å². The summed E-state index contributed by atoms with van der Waals surface area (Å²) in [5.74, 6) is -0.346. The van der Waals surface area contributed by atoms with Gasteiger partial charge < -0.3 is 0 Å². The van der Waals surface area contributed by atoms with E-state index in [1.165, 1.54) is 17.1 Å². The number of hydrogen-bond donors (Lipinski definition) is 0. The van der Waals surface area contributed by atoms with Gasteiger partial charge in [-0.25, -0.2) is 0 Å². The molecule has 1 aliphatic heterocycles. The molecular formula is C16H13N5O3. The van der Waals surface area contributed by atoms with E-state index in [0.717, 1.165) is 0 Å². The maximum atomic E-state index is 12.5. The van der Waals surface area contributed by atoms with E-state index in [1.807, 2.05) is 6.07 Å². The number of nitro benzene ring substituents is 1. The minimum absolute atomic E-state index is 0.0984. The Hall–Kier alpha value is -3.42. The van der Waals surface area contributed by atoms with Crippen molar-refractivity contribution in [2.24, 2.45) is 15.3 Å². The molecule has 2 aromatic carbocycles. The summed E-state index contributed by atoms with van der Waals surface area (Å²) in [7, 11) is 0. The predicted molar refractivity (Wildman–Crippen MR) is 88.4 cm³/mol. The van der Waals surface area contributed by atoms with Crippen LogP contribution in [-0.4, -0.2) is 22.6 Å². The van der Waals surface area contributed by atoms with E-state index in [1.54, 1.807) is 43.3 Å². The van der Waals surface area contributed by atoms with Crippen LogP contribution in [0.25, 0.3) is 0 Å². The van der Waals surface area contributed by atoms with Crippen molar-refractivity contribution in [3.63, 3.8) is 0 Å². The third-order valence-corrected chi connectivity index (χ3v) is 3.46. The minimum Gasteiger partial charge on any atom is -0.269 e. The first kappa shape index (κ1) is 15.5. The molecule has 3 rings (SSSR count). The molecule has 8 nitrogen and oxygen atoms in total. The Bertz CT molecular complexity index is 848. The summed E-state index contributed by atoms with van der Waals surface area (Å²) in [6.07, 6.45) is 0. The largest absolute Gasteiger partial charge is 0.296 e. The van der Waals surface area contributed by atoms with Gasteiger partial charge in [-0.1, -0.05) is 30.3 Å². The number of hydrogen-bond acceptors (Lipinski definition) is 6. The summed E-state index contributed by atoms with van der Waals surface area (Å²) in [4.78, 5) is 22.9. The van der Waals surface area contributed by atoms with E-state index < -0.39 is 11.0 Å². The Morgan fingerprint density at radius 1 is 1.12 bits per heavy atom. The fraction of sp³-hybridized carbons (Fsp3) is 0.125. The third kappa shape index (κ3) is 2.89. The van der Waals surface area contributed by atoms with Crippen molar-refractivity contribution in [2.75, 3.05) is 5.01 Å². The van der Waals surface area contributed by atoms with Crippen LogP contribution in [0.4, 0.5) is 17.1 Å². The van der Waals surface area contributed by atoms with Gasteiger partial charge in [0, 0.05) is 6.07 Å². The second-order valence-corrected chi connectivity index (χ2v) is 5.09. The highest BCUT2D eigenvalue weighted by Gasteiger charge is 2.34. The van der Waals surface area contributed by atoms with Gasteiger partial charge in [0.25, 0.3) is 11.6 Å². The molecule has 0 fully saturated rings. The van der Waals surface area contributed by atoms with Crippen molar-refractivity contribution in [3.8, 4) is 0 Å². The summed E-state index contributed by atoms with van der Waals surface area (Å²) in [5, 5.41) is 24.3. The normalized spacial score (nSPS) is 17.4. The quantitative estimate of drug-likeness (QED) is 0.489. The second-order valence-electron chi connectivity index (χ2n) is 5.09. The first-order valence-electron chi connectivity index (χ1n) is 7.16. The van der Waals surface area contributed by atoms with Crippen LogP contribution in [0.2, 0.25) is 0 Å². The molecule has 1 atom stereocenters. The maximum absolute atomic E-state index is 12.5. The van der Waals surface area contributed by atoms with E-state index in [2.05, 4.69) is 15.3 Å². The highest BCUT2D eigenvalue weighted by atomic mass is 16.6. The zero-order valence-electron chi connectivity index (χ0n) is 12.7. The highest BCUT2D eigenvalue weighted by Crippen LogP contribution is 2.28. The smallest absolute Gasteiger partial charge is 0.269 e. The van der Waals surface area contributed by atoms with Gasteiger partial charge in [-0.3, -0.25) is 14.9 Å². The lowest BCUT2D eigenvalue weighted by Gasteiger charge is -2.11. The number of nitrogens with zero attached hydrogens (tertiary/aromatic N) is 5. The summed E-state index contributed by atoms with van der Waals surface area (Å²) in [6, 6.07) is 14.1. The minimum atomic E-state index is -0.884. The fourth-order valence-corrected chi connectivity index (χ4v) is 2.27. The average molecular weight is 323 g/mol. The summed E-state index contributed by atoms with van der Waals surface area (Å²) >= 11 is 0. The van der Waals surface area contributed by atoms with Gasteiger partial charge in [0.05, 0.1) is 16.3 Å². The number of benzene rings is 2. The molecule has 0 aliphatic carbocycles. The number of para-hydroxylation sites is 2. The summed E-state index contributed by atoms with van der Waals surface area (Å²) < 4.78 is 0. The summed E-state index contributed by atoms with van der Waals surface area (Å²) in [5.41, 5.74) is 1.04. The van der Waals surface area contributed by atoms with Crippen LogP contribution in [0.15, 0.2) is 69.9 Å². The average Bonchev–Trinajstić information content (AvgIpc) is 2.88. The maximum Gasteiger partial charge on any atom is 0.296 e. The topological polar surface area (TPSA) is 101 Å². The molecule has 8 heteroatoms. The van der Waals surface area contributed by atoms with E-state index >= 15 is 0 Å². The van der Waals surface area contributed by atoms with Gasteiger partial charge in [-0.05, 0) is 25.1 Å². The van der Waals surface area contributed by atoms with Crippen molar-refractivity contribution in [2.45, 2.75) is 13.0 Å². The lowest BCUT2D eigenvalue weighted by molar-refractivity contribution is -0.384. The van der Waals surface area contributed by atoms with Gasteiger partial charge in [-0.2, -0.15) is 15.2 Å². The Morgan fingerprint density at radius 3 is 2.50 bits per heavy atom. The Kier molecular flexibility index (Phi) is 4.11. The molecule has 2 aromatic rings. The SMILES string of the molecule is CC1=NN(c2ccccc2)C(=O)[C@H]1N=Nc1ccccc1[N+](=O)[O-]. The predicted octanol–water partition coefficient (Wildman–Crippen LogP) is 3.47. The van der Waals surface area contributed by atoms with Crippen LogP contribution >= 0.6 is 0 Å². The number of rotatable bonds is 4. The molecular weight excluding hydrogens is 310 g/mol. The Labute approximate surface area is 137 Å². The van der Waals surface area contributed by atoms with Crippen LogP contribution in [0.3, 0.4) is 0 Å². The van der Waals surface area contributed by atoms with Gasteiger partial charge in [0.15, 0.2) is 11.7 Å². The molecule has 1 amide bonds. The number of azo groups is 1. The third-order valence-electron chi connectivity index (χ3n) is 3.46. The number of hydrazone groups is 1. The van der Waals surface area contributed by atoms with Crippen molar-refractivity contribution < 1.29 is 9.72 Å². The van der Waals surface area contributed by atoms with E-state index in [9.17, 15) is 14.9 Å². The molecule has 0 saturated carbocycles. The number of anilines is 1. The van der Waals surface area contributed by atoms with Gasteiger partial charge in [0.1, 0.15) is 0 Å². The number of carbonyl (C=O) groups is 1. The molecule has 24 heavy (non-hydrogen) atoms. The molecule has 0 bridgehead atoms. The first-order valence-corrected chi connectivity index (χ1v) is 7.16. The standard InChI is InChI=1S/C16H13N5O3/c1-11-15(16(22)20(19-11)12-7-3-2-4-8-12)18-17-13-9-5-6-10-14(13)21(23)24/h2-10,15H,1H3/t15-/m0/s1. The van der Waals surface area contributed by atoms with E-state index in [-0.39, 0.29) is 17.3 Å². The van der Waals surface area contributed by atoms with Crippen molar-refractivity contribution in [1.82, 2.24) is 0 Å². The first-order chi connectivity index (χ1) is 11.6. The number of nitro groups is 1. The lowest BCUT2D eigenvalue weighted by atomic mass is 10.2. The van der Waals surface area contributed by atoms with Gasteiger partial charge in [0.2, 0.25) is 0 Å². The lowest BCUT2D eigenvalue weighted by Crippen LogP contribution is -2.29. The molecule has 0 unspecified atom stereocenters. The number of carbonyl (C=O) groups excluding carboxylic acids is 1. The second kappa shape index (κ2) is 6.37. The van der Waals surface area contributed by atoms with Crippen LogP contribution in [0.5, 0.6) is 0 Å². The Balaban J connectivity index is 1.86. The van der Waals surface area contributed by atoms with Crippen LogP contribution in [-0.2, 0) is 4.79 Å². The van der Waals surface area contributed by atoms with E-state index in [0.29, 0.717) is 11.4 Å². The Morgan fingerprint density at radius 2 is 1.79 bits per heavy atom. The van der Waals surface area contributed by atoms with Crippen molar-refractivity contribution in [1.29, 1.82) is 0 Å². The molecule has 0 saturated heterocycles. The van der Waals surface area contributed by atoms with Crippen molar-refractivity contribution in [3.05, 3.63) is 64.7 Å². The monoisotopic (exact) mass is 323 g/mol. The molecule has 0 aromatic heterocycles. The molecule has 0 N–H and O–H groups in total. The van der Waals surface area contributed by atoms with Crippen molar-refractivity contribution >= 4 is 28.7 Å². The summed E-state index contributed by atoms with van der Waals surface area (Å²) in [6.45, 7) is 1.67. The zero-order valence-corrected chi connectivity index (χ0v) is 12.7. The highest BCUT2D eigenvalue weighted by molar-refractivity contribution is 6.18. The molecule has 0 spiro atoms. The number of amides is 1. The van der Waals surface area contributed by atoms with Gasteiger partial charge >= 0.3 is 0 Å². The molecule has 0 radical (unpaired) electrons. The molecule has 1 heterocycles. The van der Waals surface area contributed by atoms with Crippen LogP contribution < -0.4 is 5.01 Å². The molecule has 1 aliphatic rings. The van der Waals surface area contributed by atoms with E-state index in [4.69, 9.17) is 0 Å².